The Balaban J connectivity index is 1.46. The number of amides is 3. The van der Waals surface area contributed by atoms with Crippen molar-refractivity contribution in [1.82, 2.24) is 25.9 Å². The summed E-state index contributed by atoms with van der Waals surface area (Å²) in [6.07, 6.45) is 3.24. The van der Waals surface area contributed by atoms with Crippen LogP contribution in [0.4, 0.5) is 9.59 Å². The van der Waals surface area contributed by atoms with E-state index in [-0.39, 0.29) is 25.6 Å². The molecule has 0 aliphatic carbocycles. The van der Waals surface area contributed by atoms with Crippen LogP contribution in [-0.4, -0.2) is 57.4 Å². The summed E-state index contributed by atoms with van der Waals surface area (Å²) in [6, 6.07) is 20.5. The number of aromatic nitrogens is 2. The second-order valence-electron chi connectivity index (χ2n) is 11.4. The van der Waals surface area contributed by atoms with Crippen molar-refractivity contribution in [3.63, 3.8) is 0 Å². The number of alkyl carbamates (subject to hydrolysis) is 2. The molecule has 11 nitrogen and oxygen atoms in total. The number of pyridine rings is 1. The number of aliphatic hydroxyl groups excluding tert-OH is 1. The SMILES string of the molecule is CC(C)C(NC(=O)OCc1nccs1)C(=O)N[C@@H](Cc1ccccc1)C[C@H](O)[C@H](Cc1ccccc1)NC(=O)OCc1cccnc1. The van der Waals surface area contributed by atoms with Gasteiger partial charge in [-0.2, -0.15) is 0 Å². The largest absolute Gasteiger partial charge is 0.445 e. The highest BCUT2D eigenvalue weighted by Crippen LogP contribution is 2.16. The van der Waals surface area contributed by atoms with Gasteiger partial charge in [0, 0.05) is 35.6 Å². The zero-order valence-corrected chi connectivity index (χ0v) is 27.3. The van der Waals surface area contributed by atoms with E-state index in [1.54, 1.807) is 36.1 Å². The van der Waals surface area contributed by atoms with Crippen molar-refractivity contribution in [3.8, 4) is 0 Å². The van der Waals surface area contributed by atoms with Crippen LogP contribution in [0.15, 0.2) is 96.8 Å². The van der Waals surface area contributed by atoms with E-state index >= 15 is 0 Å². The lowest BCUT2D eigenvalue weighted by molar-refractivity contribution is -0.125. The highest BCUT2D eigenvalue weighted by atomic mass is 32.1. The first-order valence-electron chi connectivity index (χ1n) is 15.5. The number of hydrogen-bond donors (Lipinski definition) is 4. The maximum Gasteiger partial charge on any atom is 0.408 e. The average Bonchev–Trinajstić information content (AvgIpc) is 3.60. The quantitative estimate of drug-likeness (QED) is 0.134. The molecule has 3 amide bonds. The van der Waals surface area contributed by atoms with Crippen molar-refractivity contribution in [3.05, 3.63) is 118 Å². The van der Waals surface area contributed by atoms with Crippen molar-refractivity contribution in [1.29, 1.82) is 0 Å². The van der Waals surface area contributed by atoms with Gasteiger partial charge in [-0.05, 0) is 42.4 Å². The van der Waals surface area contributed by atoms with Gasteiger partial charge in [-0.1, -0.05) is 80.6 Å². The minimum absolute atomic E-state index is 0.000760. The molecule has 248 valence electrons. The van der Waals surface area contributed by atoms with E-state index in [0.29, 0.717) is 17.8 Å². The van der Waals surface area contributed by atoms with Crippen LogP contribution < -0.4 is 16.0 Å². The first-order chi connectivity index (χ1) is 22.8. The Hall–Kier alpha value is -4.81. The predicted molar refractivity (Wildman–Crippen MR) is 178 cm³/mol. The van der Waals surface area contributed by atoms with Crippen molar-refractivity contribution >= 4 is 29.4 Å². The van der Waals surface area contributed by atoms with Gasteiger partial charge in [-0.3, -0.25) is 9.78 Å². The Labute approximate surface area is 278 Å². The van der Waals surface area contributed by atoms with Gasteiger partial charge in [0.1, 0.15) is 24.3 Å². The second-order valence-corrected chi connectivity index (χ2v) is 12.4. The third-order valence-electron chi connectivity index (χ3n) is 7.39. The van der Waals surface area contributed by atoms with Crippen molar-refractivity contribution in [2.75, 3.05) is 0 Å². The molecule has 4 rings (SSSR count). The van der Waals surface area contributed by atoms with Crippen LogP contribution >= 0.6 is 11.3 Å². The van der Waals surface area contributed by atoms with Gasteiger partial charge in [0.05, 0.1) is 12.1 Å². The van der Waals surface area contributed by atoms with Crippen molar-refractivity contribution in [2.45, 2.75) is 70.6 Å². The number of thiazole rings is 1. The second kappa shape index (κ2) is 18.4. The summed E-state index contributed by atoms with van der Waals surface area (Å²) in [6.45, 7) is 3.67. The summed E-state index contributed by atoms with van der Waals surface area (Å²) in [7, 11) is 0. The number of rotatable bonds is 16. The fraction of sp³-hybridized carbons (Fsp3) is 0.343. The Kier molecular flexibility index (Phi) is 13.7. The Bertz CT molecular complexity index is 1510. The fourth-order valence-corrected chi connectivity index (χ4v) is 5.50. The van der Waals surface area contributed by atoms with Crippen LogP contribution in [0.1, 0.15) is 42.0 Å². The van der Waals surface area contributed by atoms with E-state index in [2.05, 4.69) is 25.9 Å². The molecular formula is C35H41N5O6S. The van der Waals surface area contributed by atoms with Crippen molar-refractivity contribution in [2.24, 2.45) is 5.92 Å². The maximum atomic E-state index is 13.6. The molecule has 4 N–H and O–H groups in total. The number of carbonyl (C=O) groups is 3. The molecule has 47 heavy (non-hydrogen) atoms. The molecule has 12 heteroatoms. The third-order valence-corrected chi connectivity index (χ3v) is 8.14. The summed E-state index contributed by atoms with van der Waals surface area (Å²) >= 11 is 1.36. The summed E-state index contributed by atoms with van der Waals surface area (Å²) in [5, 5.41) is 22.6. The van der Waals surface area contributed by atoms with Crippen LogP contribution in [0.2, 0.25) is 0 Å². The Morgan fingerprint density at radius 3 is 2.04 bits per heavy atom. The van der Waals surface area contributed by atoms with Gasteiger partial charge in [0.25, 0.3) is 0 Å². The fourth-order valence-electron chi connectivity index (χ4n) is 4.97. The molecule has 4 atom stereocenters. The minimum Gasteiger partial charge on any atom is -0.445 e. The molecule has 0 bridgehead atoms. The highest BCUT2D eigenvalue weighted by molar-refractivity contribution is 7.09. The van der Waals surface area contributed by atoms with E-state index in [9.17, 15) is 19.5 Å². The van der Waals surface area contributed by atoms with E-state index in [1.165, 1.54) is 11.3 Å². The van der Waals surface area contributed by atoms with Gasteiger partial charge in [-0.25, -0.2) is 14.6 Å². The van der Waals surface area contributed by atoms with E-state index in [1.807, 2.05) is 74.5 Å². The summed E-state index contributed by atoms with van der Waals surface area (Å²) < 4.78 is 10.7. The maximum absolute atomic E-state index is 13.6. The van der Waals surface area contributed by atoms with Crippen LogP contribution in [0, 0.1) is 5.92 Å². The van der Waals surface area contributed by atoms with E-state index in [0.717, 1.165) is 16.7 Å². The minimum atomic E-state index is -1.07. The molecule has 0 saturated carbocycles. The molecule has 2 aromatic carbocycles. The lowest BCUT2D eigenvalue weighted by atomic mass is 9.93. The number of hydrogen-bond acceptors (Lipinski definition) is 9. The average molecular weight is 660 g/mol. The predicted octanol–water partition coefficient (Wildman–Crippen LogP) is 4.81. The molecule has 2 aromatic heterocycles. The molecule has 0 spiro atoms. The topological polar surface area (TPSA) is 152 Å². The van der Waals surface area contributed by atoms with E-state index in [4.69, 9.17) is 9.47 Å². The highest BCUT2D eigenvalue weighted by Gasteiger charge is 2.30. The van der Waals surface area contributed by atoms with Gasteiger partial charge in [0.15, 0.2) is 0 Å². The number of benzene rings is 2. The summed E-state index contributed by atoms with van der Waals surface area (Å²) in [5.41, 5.74) is 2.59. The lowest BCUT2D eigenvalue weighted by Gasteiger charge is -2.30. The van der Waals surface area contributed by atoms with Crippen molar-refractivity contribution < 1.29 is 29.0 Å². The molecule has 2 heterocycles. The number of aliphatic hydroxyl groups is 1. The van der Waals surface area contributed by atoms with Crippen LogP contribution in [0.25, 0.3) is 0 Å². The van der Waals surface area contributed by atoms with Gasteiger partial charge in [0.2, 0.25) is 5.91 Å². The number of nitrogens with one attached hydrogen (secondary N) is 3. The summed E-state index contributed by atoms with van der Waals surface area (Å²) in [4.78, 5) is 47.2. The number of carbonyl (C=O) groups excluding carboxylic acids is 3. The zero-order valence-electron chi connectivity index (χ0n) is 26.5. The molecule has 4 aromatic rings. The van der Waals surface area contributed by atoms with Gasteiger partial charge >= 0.3 is 12.2 Å². The van der Waals surface area contributed by atoms with Crippen LogP contribution in [-0.2, 0) is 40.3 Å². The summed E-state index contributed by atoms with van der Waals surface area (Å²) in [5.74, 6) is -0.672. The third kappa shape index (κ3) is 12.1. The lowest BCUT2D eigenvalue weighted by Crippen LogP contribution is -2.54. The molecule has 1 unspecified atom stereocenters. The smallest absolute Gasteiger partial charge is 0.408 e. The van der Waals surface area contributed by atoms with Gasteiger partial charge in [-0.15, -0.1) is 11.3 Å². The molecular weight excluding hydrogens is 618 g/mol. The first-order valence-corrected chi connectivity index (χ1v) is 16.3. The van der Waals surface area contributed by atoms with Crippen LogP contribution in [0.3, 0.4) is 0 Å². The number of ether oxygens (including phenoxy) is 2. The number of nitrogens with zero attached hydrogens (tertiary/aromatic N) is 2. The first kappa shape index (κ1) is 35.1. The molecule has 0 fully saturated rings. The Morgan fingerprint density at radius 1 is 0.787 bits per heavy atom. The van der Waals surface area contributed by atoms with Crippen LogP contribution in [0.5, 0.6) is 0 Å². The molecule has 0 aliphatic heterocycles. The Morgan fingerprint density at radius 2 is 1.43 bits per heavy atom. The molecule has 0 radical (unpaired) electrons. The monoisotopic (exact) mass is 659 g/mol. The standard InChI is InChI=1S/C35H41N5O6S/c1-24(2)32(40-35(44)46-23-31-37-16-17-47-31)33(42)38-28(18-25-10-5-3-6-11-25)20-30(41)29(19-26-12-7-4-8-13-26)39-34(43)45-22-27-14-9-15-36-21-27/h3-17,21,24,28-30,32,41H,18-20,22-23H2,1-2H3,(H,38,42)(H,39,43)(H,40,44)/t28-,29-,30-,32?/m0/s1. The zero-order chi connectivity index (χ0) is 33.4. The van der Waals surface area contributed by atoms with Gasteiger partial charge < -0.3 is 30.5 Å². The van der Waals surface area contributed by atoms with E-state index < -0.39 is 42.3 Å². The normalized spacial score (nSPS) is 13.5. The molecule has 0 saturated heterocycles. The molecule has 0 aliphatic rings.